The van der Waals surface area contributed by atoms with Gasteiger partial charge in [-0.15, -0.1) is 0 Å². The maximum Gasteiger partial charge on any atom is 0.309 e. The number of carbonyl (C=O) groups is 1. The van der Waals surface area contributed by atoms with Crippen LogP contribution in [0.2, 0.25) is 0 Å². The van der Waals surface area contributed by atoms with Gasteiger partial charge in [0.2, 0.25) is 0 Å². The van der Waals surface area contributed by atoms with E-state index in [1.807, 2.05) is 31.3 Å². The van der Waals surface area contributed by atoms with Crippen LogP contribution in [0.25, 0.3) is 0 Å². The monoisotopic (exact) mass is 326 g/mol. The normalized spacial score (nSPS) is 25.1. The number of hydrogen-bond acceptors (Lipinski definition) is 3. The second-order valence-electron chi connectivity index (χ2n) is 5.21. The van der Waals surface area contributed by atoms with Crippen molar-refractivity contribution in [3.8, 4) is 0 Å². The molecule has 5 heteroatoms. The van der Waals surface area contributed by atoms with Crippen molar-refractivity contribution < 1.29 is 9.90 Å². The van der Waals surface area contributed by atoms with Crippen LogP contribution in [-0.2, 0) is 4.79 Å². The van der Waals surface area contributed by atoms with Crippen molar-refractivity contribution in [2.24, 2.45) is 5.92 Å². The Bertz CT molecular complexity index is 467. The average Bonchev–Trinajstić information content (AvgIpc) is 2.50. The fourth-order valence-corrected chi connectivity index (χ4v) is 2.81. The lowest BCUT2D eigenvalue weighted by atomic mass is 10.1. The van der Waals surface area contributed by atoms with Crippen LogP contribution in [0.1, 0.15) is 6.92 Å². The molecule has 2 atom stereocenters. The van der Waals surface area contributed by atoms with Gasteiger partial charge in [-0.3, -0.25) is 4.79 Å². The average molecular weight is 327 g/mol. The molecule has 1 aromatic carbocycles. The van der Waals surface area contributed by atoms with Crippen molar-refractivity contribution in [3.63, 3.8) is 0 Å². The summed E-state index contributed by atoms with van der Waals surface area (Å²) in [5.74, 6) is -1.07. The number of carboxylic acid groups (broad SMARTS) is 1. The van der Waals surface area contributed by atoms with Gasteiger partial charge < -0.3 is 14.9 Å². The highest BCUT2D eigenvalue weighted by Gasteiger charge is 2.29. The Kier molecular flexibility index (Phi) is 4.47. The van der Waals surface area contributed by atoms with E-state index in [-0.39, 0.29) is 5.92 Å². The van der Waals surface area contributed by atoms with Gasteiger partial charge in [-0.25, -0.2) is 0 Å². The molecule has 1 aromatic rings. The van der Waals surface area contributed by atoms with Crippen molar-refractivity contribution in [2.75, 3.05) is 31.6 Å². The van der Waals surface area contributed by atoms with E-state index in [0.717, 1.165) is 16.7 Å². The predicted octanol–water partition coefficient (Wildman–Crippen LogP) is 2.29. The molecule has 0 amide bonds. The zero-order valence-electron chi connectivity index (χ0n) is 11.2. The van der Waals surface area contributed by atoms with E-state index in [9.17, 15) is 9.90 Å². The minimum absolute atomic E-state index is 0.336. The summed E-state index contributed by atoms with van der Waals surface area (Å²) in [5.41, 5.74) is 1.07. The highest BCUT2D eigenvalue weighted by Crippen LogP contribution is 2.24. The number of likely N-dealkylation sites (N-methyl/N-ethyl adjacent to an activating group) is 1. The van der Waals surface area contributed by atoms with E-state index in [1.165, 1.54) is 0 Å². The van der Waals surface area contributed by atoms with Crippen LogP contribution in [0, 0.1) is 5.92 Å². The number of hydrogen-bond donors (Lipinski definition) is 1. The van der Waals surface area contributed by atoms with Crippen LogP contribution in [0.4, 0.5) is 5.69 Å². The van der Waals surface area contributed by atoms with E-state index in [0.29, 0.717) is 19.1 Å². The number of rotatable bonds is 2. The van der Waals surface area contributed by atoms with Crippen LogP contribution in [0.3, 0.4) is 0 Å². The molecule has 0 bridgehead atoms. The van der Waals surface area contributed by atoms with Crippen LogP contribution in [-0.4, -0.2) is 48.7 Å². The molecule has 104 valence electrons. The molecule has 19 heavy (non-hydrogen) atoms. The fraction of sp³-hybridized carbons (Fsp3) is 0.500. The van der Waals surface area contributed by atoms with E-state index < -0.39 is 5.97 Å². The van der Waals surface area contributed by atoms with Crippen molar-refractivity contribution in [1.29, 1.82) is 0 Å². The third-order valence-electron chi connectivity index (χ3n) is 3.71. The topological polar surface area (TPSA) is 43.8 Å². The molecule has 0 spiro atoms. The molecular weight excluding hydrogens is 308 g/mol. The zero-order valence-corrected chi connectivity index (χ0v) is 12.8. The highest BCUT2D eigenvalue weighted by molar-refractivity contribution is 9.10. The lowest BCUT2D eigenvalue weighted by Crippen LogP contribution is -2.36. The lowest BCUT2D eigenvalue weighted by molar-refractivity contribution is -0.141. The van der Waals surface area contributed by atoms with Gasteiger partial charge in [-0.2, -0.15) is 0 Å². The standard InChI is InChI=1S/C14H19BrN2O2/c1-10-7-17(13-5-3-4-12(15)6-13)9-11(14(18)19)8-16(10)2/h3-6,10-11H,7-9H2,1-2H3,(H,18,19). The maximum absolute atomic E-state index is 11.3. The van der Waals surface area contributed by atoms with Gasteiger partial charge in [0.15, 0.2) is 0 Å². The Morgan fingerprint density at radius 1 is 1.37 bits per heavy atom. The SMILES string of the molecule is CC1CN(c2cccc(Br)c2)CC(C(=O)O)CN1C. The predicted molar refractivity (Wildman–Crippen MR) is 79.6 cm³/mol. The van der Waals surface area contributed by atoms with Crippen molar-refractivity contribution in [1.82, 2.24) is 4.90 Å². The first-order valence-electron chi connectivity index (χ1n) is 6.41. The van der Waals surface area contributed by atoms with Crippen LogP contribution in [0.5, 0.6) is 0 Å². The Hall–Kier alpha value is -1.07. The first-order chi connectivity index (χ1) is 8.97. The molecule has 1 heterocycles. The summed E-state index contributed by atoms with van der Waals surface area (Å²) < 4.78 is 1.02. The van der Waals surface area contributed by atoms with E-state index in [4.69, 9.17) is 0 Å². The summed E-state index contributed by atoms with van der Waals surface area (Å²) in [4.78, 5) is 15.6. The summed E-state index contributed by atoms with van der Waals surface area (Å²) in [7, 11) is 1.99. The molecule has 1 saturated heterocycles. The zero-order chi connectivity index (χ0) is 14.0. The molecule has 0 aromatic heterocycles. The van der Waals surface area contributed by atoms with Crippen molar-refractivity contribution >= 4 is 27.6 Å². The van der Waals surface area contributed by atoms with E-state index >= 15 is 0 Å². The third kappa shape index (κ3) is 3.48. The number of nitrogens with zero attached hydrogens (tertiary/aromatic N) is 2. The fourth-order valence-electron chi connectivity index (χ4n) is 2.42. The van der Waals surface area contributed by atoms with E-state index in [2.05, 4.69) is 32.7 Å². The molecule has 2 rings (SSSR count). The van der Waals surface area contributed by atoms with E-state index in [1.54, 1.807) is 0 Å². The minimum Gasteiger partial charge on any atom is -0.481 e. The van der Waals surface area contributed by atoms with Crippen LogP contribution >= 0.6 is 15.9 Å². The number of halogens is 1. The smallest absolute Gasteiger partial charge is 0.309 e. The second kappa shape index (κ2) is 5.92. The van der Waals surface area contributed by atoms with Crippen LogP contribution in [0.15, 0.2) is 28.7 Å². The van der Waals surface area contributed by atoms with Gasteiger partial charge in [-0.05, 0) is 32.2 Å². The third-order valence-corrected chi connectivity index (χ3v) is 4.20. The molecule has 1 fully saturated rings. The highest BCUT2D eigenvalue weighted by atomic mass is 79.9. The summed E-state index contributed by atoms with van der Waals surface area (Å²) in [6, 6.07) is 8.36. The van der Waals surface area contributed by atoms with Gasteiger partial charge >= 0.3 is 5.97 Å². The summed E-state index contributed by atoms with van der Waals surface area (Å²) in [6.45, 7) is 4.13. The summed E-state index contributed by atoms with van der Waals surface area (Å²) in [6.07, 6.45) is 0. The Morgan fingerprint density at radius 3 is 2.74 bits per heavy atom. The van der Waals surface area contributed by atoms with Gasteiger partial charge in [0, 0.05) is 35.8 Å². The number of carboxylic acids is 1. The molecule has 0 aliphatic carbocycles. The van der Waals surface area contributed by atoms with Gasteiger partial charge in [0.25, 0.3) is 0 Å². The largest absolute Gasteiger partial charge is 0.481 e. The van der Waals surface area contributed by atoms with Crippen LogP contribution < -0.4 is 4.90 Å². The molecule has 0 saturated carbocycles. The Balaban J connectivity index is 2.25. The lowest BCUT2D eigenvalue weighted by Gasteiger charge is -2.27. The minimum atomic E-state index is -0.721. The van der Waals surface area contributed by atoms with Crippen molar-refractivity contribution in [2.45, 2.75) is 13.0 Å². The molecular formula is C14H19BrN2O2. The molecule has 1 aliphatic heterocycles. The summed E-state index contributed by atoms with van der Waals surface area (Å²) >= 11 is 3.47. The molecule has 0 radical (unpaired) electrons. The number of anilines is 1. The molecule has 2 unspecified atom stereocenters. The summed E-state index contributed by atoms with van der Waals surface area (Å²) in [5, 5.41) is 9.32. The number of aliphatic carboxylic acids is 1. The molecule has 1 aliphatic rings. The van der Waals surface area contributed by atoms with Gasteiger partial charge in [0.05, 0.1) is 5.92 Å². The first kappa shape index (κ1) is 14.3. The second-order valence-corrected chi connectivity index (χ2v) is 6.12. The van der Waals surface area contributed by atoms with Crippen molar-refractivity contribution in [3.05, 3.63) is 28.7 Å². The first-order valence-corrected chi connectivity index (χ1v) is 7.20. The Labute approximate surface area is 122 Å². The van der Waals surface area contributed by atoms with Gasteiger partial charge in [-0.1, -0.05) is 22.0 Å². The Morgan fingerprint density at radius 2 is 2.11 bits per heavy atom. The number of benzene rings is 1. The quantitative estimate of drug-likeness (QED) is 0.905. The molecule has 4 nitrogen and oxygen atoms in total. The maximum atomic E-state index is 11.3. The molecule has 1 N–H and O–H groups in total. The van der Waals surface area contributed by atoms with Gasteiger partial charge in [0.1, 0.15) is 0 Å².